The zero-order valence-electron chi connectivity index (χ0n) is 17.6. The lowest BCUT2D eigenvalue weighted by molar-refractivity contribution is -0.148. The summed E-state index contributed by atoms with van der Waals surface area (Å²) in [6.45, 7) is 0.201. The van der Waals surface area contributed by atoms with E-state index in [1.54, 1.807) is 42.3 Å². The lowest BCUT2D eigenvalue weighted by atomic mass is 9.94. The summed E-state index contributed by atoms with van der Waals surface area (Å²) in [6, 6.07) is 13.3. The summed E-state index contributed by atoms with van der Waals surface area (Å²) in [5.41, 5.74) is 1.46. The van der Waals surface area contributed by atoms with Gasteiger partial charge in [-0.05, 0) is 43.2 Å². The molecule has 0 unspecified atom stereocenters. The molecule has 3 atom stereocenters. The zero-order chi connectivity index (χ0) is 22.7. The number of amides is 3. The van der Waals surface area contributed by atoms with Gasteiger partial charge in [-0.25, -0.2) is 4.79 Å². The number of urea groups is 1. The Morgan fingerprint density at radius 2 is 1.84 bits per heavy atom. The number of fused-ring (bicyclic) bond motifs is 2. The second-order valence-corrected chi connectivity index (χ2v) is 7.92. The summed E-state index contributed by atoms with van der Waals surface area (Å²) >= 11 is 0. The van der Waals surface area contributed by atoms with Crippen LogP contribution in [0.2, 0.25) is 0 Å². The highest BCUT2D eigenvalue weighted by Crippen LogP contribution is 2.32. The molecule has 2 heterocycles. The maximum absolute atomic E-state index is 13.2. The van der Waals surface area contributed by atoms with Crippen molar-refractivity contribution in [2.75, 3.05) is 24.3 Å². The summed E-state index contributed by atoms with van der Waals surface area (Å²) in [6.07, 6.45) is 0.302. The first-order valence-electron chi connectivity index (χ1n) is 10.4. The molecule has 0 radical (unpaired) electrons. The predicted molar refractivity (Wildman–Crippen MR) is 117 cm³/mol. The highest BCUT2D eigenvalue weighted by atomic mass is 16.5. The van der Waals surface area contributed by atoms with Crippen LogP contribution in [0, 0.1) is 0 Å². The first-order valence-corrected chi connectivity index (χ1v) is 10.4. The molecule has 2 aliphatic heterocycles. The standard InChI is InChI=1S/C23H25N3O6/c1-26-18-9-8-16(12-21(27)28)32-20(18)13-31-19-10-7-15(11-17(19)22(26)29)25-23(30)24-14-5-3-2-4-6-14/h2-7,10-11,16,18,20H,8-9,12-13H2,1H3,(H,27,28)(H2,24,25,30)/t16-,18+,20-/m0/s1. The average Bonchev–Trinajstić information content (AvgIpc) is 2.77. The minimum atomic E-state index is -0.911. The van der Waals surface area contributed by atoms with Crippen LogP contribution in [0.25, 0.3) is 0 Å². The minimum absolute atomic E-state index is 0.0719. The topological polar surface area (TPSA) is 117 Å². The van der Waals surface area contributed by atoms with Gasteiger partial charge in [-0.3, -0.25) is 9.59 Å². The van der Waals surface area contributed by atoms with Crippen LogP contribution in [-0.4, -0.2) is 59.8 Å². The largest absolute Gasteiger partial charge is 0.490 e. The van der Waals surface area contributed by atoms with Crippen molar-refractivity contribution in [1.29, 1.82) is 0 Å². The molecule has 3 amide bonds. The number of hydrogen-bond donors (Lipinski definition) is 3. The molecule has 4 rings (SSSR count). The average molecular weight is 439 g/mol. The third kappa shape index (κ3) is 4.83. The van der Waals surface area contributed by atoms with Gasteiger partial charge in [0, 0.05) is 18.4 Å². The molecule has 0 aromatic heterocycles. The number of benzene rings is 2. The maximum Gasteiger partial charge on any atom is 0.323 e. The molecule has 3 N–H and O–H groups in total. The number of carbonyl (C=O) groups excluding carboxylic acids is 2. The van der Waals surface area contributed by atoms with Crippen LogP contribution in [0.1, 0.15) is 29.6 Å². The van der Waals surface area contributed by atoms with Gasteiger partial charge in [-0.2, -0.15) is 0 Å². The van der Waals surface area contributed by atoms with Crippen LogP contribution in [0.5, 0.6) is 5.75 Å². The number of para-hydroxylation sites is 1. The molecule has 2 aromatic rings. The van der Waals surface area contributed by atoms with E-state index in [0.717, 1.165) is 0 Å². The molecule has 2 aliphatic rings. The van der Waals surface area contributed by atoms with Crippen LogP contribution in [0.3, 0.4) is 0 Å². The molecule has 0 saturated carbocycles. The first-order chi connectivity index (χ1) is 15.4. The molecule has 9 heteroatoms. The smallest absolute Gasteiger partial charge is 0.323 e. The van der Waals surface area contributed by atoms with E-state index >= 15 is 0 Å². The molecule has 1 saturated heterocycles. The number of nitrogens with one attached hydrogen (secondary N) is 2. The van der Waals surface area contributed by atoms with Crippen molar-refractivity contribution >= 4 is 29.3 Å². The predicted octanol–water partition coefficient (Wildman–Crippen LogP) is 3.19. The second-order valence-electron chi connectivity index (χ2n) is 7.92. The van der Waals surface area contributed by atoms with Crippen molar-refractivity contribution in [2.45, 2.75) is 37.5 Å². The molecule has 0 spiro atoms. The molecule has 0 bridgehead atoms. The van der Waals surface area contributed by atoms with Crippen LogP contribution in [0.15, 0.2) is 48.5 Å². The van der Waals surface area contributed by atoms with Gasteiger partial charge in [0.05, 0.1) is 24.1 Å². The Hall–Kier alpha value is -3.59. The first kappa shape index (κ1) is 21.6. The van der Waals surface area contributed by atoms with Crippen molar-refractivity contribution in [3.8, 4) is 5.75 Å². The summed E-state index contributed by atoms with van der Waals surface area (Å²) in [5, 5.41) is 14.5. The lowest BCUT2D eigenvalue weighted by Gasteiger charge is -2.42. The van der Waals surface area contributed by atoms with E-state index < -0.39 is 24.2 Å². The number of carbonyl (C=O) groups is 3. The molecule has 9 nitrogen and oxygen atoms in total. The summed E-state index contributed by atoms with van der Waals surface area (Å²) < 4.78 is 11.8. The van der Waals surface area contributed by atoms with E-state index in [4.69, 9.17) is 14.6 Å². The highest BCUT2D eigenvalue weighted by molar-refractivity contribution is 6.02. The monoisotopic (exact) mass is 439 g/mol. The number of hydrogen-bond acceptors (Lipinski definition) is 5. The Labute approximate surface area is 185 Å². The third-order valence-corrected chi connectivity index (χ3v) is 5.70. The number of aliphatic carboxylic acids is 1. The maximum atomic E-state index is 13.2. The fourth-order valence-corrected chi connectivity index (χ4v) is 4.11. The SMILES string of the molecule is CN1C(=O)c2cc(NC(=O)Nc3ccccc3)ccc2OC[C@@H]2O[C@H](CC(=O)O)CC[C@H]21. The van der Waals surface area contributed by atoms with E-state index in [1.807, 2.05) is 18.2 Å². The van der Waals surface area contributed by atoms with E-state index in [1.165, 1.54) is 0 Å². The fraction of sp³-hybridized carbons (Fsp3) is 0.348. The summed E-state index contributed by atoms with van der Waals surface area (Å²) in [5.74, 6) is -0.772. The van der Waals surface area contributed by atoms with E-state index in [9.17, 15) is 14.4 Å². The molecule has 32 heavy (non-hydrogen) atoms. The van der Waals surface area contributed by atoms with E-state index in [-0.39, 0.29) is 25.0 Å². The van der Waals surface area contributed by atoms with Crippen LogP contribution in [-0.2, 0) is 9.53 Å². The van der Waals surface area contributed by atoms with Gasteiger partial charge in [0.25, 0.3) is 5.91 Å². The van der Waals surface area contributed by atoms with Gasteiger partial charge in [0.1, 0.15) is 18.5 Å². The summed E-state index contributed by atoms with van der Waals surface area (Å²) in [4.78, 5) is 38.2. The van der Waals surface area contributed by atoms with Crippen LogP contribution in [0.4, 0.5) is 16.2 Å². The van der Waals surface area contributed by atoms with Crippen LogP contribution >= 0.6 is 0 Å². The van der Waals surface area contributed by atoms with Crippen LogP contribution < -0.4 is 15.4 Å². The van der Waals surface area contributed by atoms with Crippen molar-refractivity contribution < 1.29 is 29.0 Å². The number of ether oxygens (including phenoxy) is 2. The van der Waals surface area contributed by atoms with Gasteiger partial charge in [-0.15, -0.1) is 0 Å². The Kier molecular flexibility index (Phi) is 6.27. The Morgan fingerprint density at radius 3 is 2.59 bits per heavy atom. The number of carboxylic acids is 1. The lowest BCUT2D eigenvalue weighted by Crippen LogP contribution is -2.53. The number of nitrogens with zero attached hydrogens (tertiary/aromatic N) is 1. The molecule has 2 aromatic carbocycles. The van der Waals surface area contributed by atoms with Gasteiger partial charge < -0.3 is 30.1 Å². The van der Waals surface area contributed by atoms with Crippen molar-refractivity contribution in [3.05, 3.63) is 54.1 Å². The van der Waals surface area contributed by atoms with Crippen molar-refractivity contribution in [1.82, 2.24) is 4.90 Å². The Morgan fingerprint density at radius 1 is 1.09 bits per heavy atom. The number of carboxylic acid groups (broad SMARTS) is 1. The van der Waals surface area contributed by atoms with Gasteiger partial charge in [-0.1, -0.05) is 18.2 Å². The molecule has 0 aliphatic carbocycles. The second kappa shape index (κ2) is 9.27. The van der Waals surface area contributed by atoms with E-state index in [2.05, 4.69) is 10.6 Å². The summed E-state index contributed by atoms with van der Waals surface area (Å²) in [7, 11) is 1.71. The zero-order valence-corrected chi connectivity index (χ0v) is 17.6. The minimum Gasteiger partial charge on any atom is -0.490 e. The Bertz CT molecular complexity index is 1010. The molecule has 1 fully saturated rings. The molecular formula is C23H25N3O6. The van der Waals surface area contributed by atoms with Gasteiger partial charge >= 0.3 is 12.0 Å². The quantitative estimate of drug-likeness (QED) is 0.674. The van der Waals surface area contributed by atoms with Crippen molar-refractivity contribution in [3.63, 3.8) is 0 Å². The molecule has 168 valence electrons. The number of likely N-dealkylation sites (N-methyl/N-ethyl adjacent to an activating group) is 1. The fourth-order valence-electron chi connectivity index (χ4n) is 4.11. The number of rotatable bonds is 4. The highest BCUT2D eigenvalue weighted by Gasteiger charge is 2.39. The van der Waals surface area contributed by atoms with Crippen molar-refractivity contribution in [2.24, 2.45) is 0 Å². The molecular weight excluding hydrogens is 414 g/mol. The normalized spacial score (nSPS) is 22.5. The Balaban J connectivity index is 1.49. The van der Waals surface area contributed by atoms with E-state index in [0.29, 0.717) is 35.5 Å². The third-order valence-electron chi connectivity index (χ3n) is 5.70. The van der Waals surface area contributed by atoms with Gasteiger partial charge in [0.15, 0.2) is 0 Å². The van der Waals surface area contributed by atoms with Gasteiger partial charge in [0.2, 0.25) is 0 Å². The number of anilines is 2.